The lowest BCUT2D eigenvalue weighted by molar-refractivity contribution is -0.123. The second-order valence-electron chi connectivity index (χ2n) is 4.09. The van der Waals surface area contributed by atoms with E-state index < -0.39 is 0 Å². The van der Waals surface area contributed by atoms with Gasteiger partial charge in [-0.3, -0.25) is 4.79 Å². The summed E-state index contributed by atoms with van der Waals surface area (Å²) in [5, 5.41) is 2.72. The summed E-state index contributed by atoms with van der Waals surface area (Å²) in [4.78, 5) is 11.9. The van der Waals surface area contributed by atoms with Crippen LogP contribution in [0.5, 0.6) is 5.75 Å². The van der Waals surface area contributed by atoms with Gasteiger partial charge in [0.15, 0.2) is 6.61 Å². The van der Waals surface area contributed by atoms with Crippen molar-refractivity contribution >= 4 is 23.1 Å². The molecule has 0 unspecified atom stereocenters. The number of rotatable bonds is 6. The molecule has 0 saturated heterocycles. The van der Waals surface area contributed by atoms with Crippen molar-refractivity contribution < 1.29 is 13.9 Å². The molecule has 1 aromatic carbocycles. The number of nitrogens with one attached hydrogen (secondary N) is 1. The number of carbonyl (C=O) groups excluding carboxylic acids is 1. The van der Waals surface area contributed by atoms with E-state index in [4.69, 9.17) is 27.1 Å². The minimum absolute atomic E-state index is 0.0513. The van der Waals surface area contributed by atoms with Gasteiger partial charge in [-0.05, 0) is 30.3 Å². The molecule has 0 aliphatic heterocycles. The predicted molar refractivity (Wildman–Crippen MR) is 78.4 cm³/mol. The van der Waals surface area contributed by atoms with Gasteiger partial charge in [0.05, 0.1) is 12.5 Å². The normalized spacial score (nSPS) is 10.0. The van der Waals surface area contributed by atoms with Gasteiger partial charge < -0.3 is 20.2 Å². The molecule has 0 spiro atoms. The first-order valence-corrected chi connectivity index (χ1v) is 6.36. The zero-order chi connectivity index (χ0) is 14.4. The molecule has 0 radical (unpaired) electrons. The summed E-state index contributed by atoms with van der Waals surface area (Å²) in [5.41, 5.74) is 7.15. The zero-order valence-electron chi connectivity index (χ0n) is 10.7. The number of thiocarbonyl (C=S) groups is 1. The van der Waals surface area contributed by atoms with Crippen molar-refractivity contribution in [3.8, 4) is 5.75 Å². The van der Waals surface area contributed by atoms with Crippen LogP contribution in [0.15, 0.2) is 47.3 Å². The molecule has 5 nitrogen and oxygen atoms in total. The van der Waals surface area contributed by atoms with Gasteiger partial charge in [0.1, 0.15) is 10.7 Å². The third kappa shape index (κ3) is 4.10. The van der Waals surface area contributed by atoms with Crippen molar-refractivity contribution in [1.82, 2.24) is 5.32 Å². The highest BCUT2D eigenvalue weighted by atomic mass is 32.1. The van der Waals surface area contributed by atoms with Gasteiger partial charge in [-0.25, -0.2) is 0 Å². The van der Waals surface area contributed by atoms with Gasteiger partial charge in [0.25, 0.3) is 5.91 Å². The molecular formula is C14H14N2O3S. The molecule has 0 atom stereocenters. The Kier molecular flexibility index (Phi) is 4.73. The lowest BCUT2D eigenvalue weighted by atomic mass is 10.2. The highest BCUT2D eigenvalue weighted by Gasteiger charge is 2.04. The van der Waals surface area contributed by atoms with Crippen molar-refractivity contribution in [2.45, 2.75) is 6.54 Å². The average Bonchev–Trinajstić information content (AvgIpc) is 2.96. The monoisotopic (exact) mass is 290 g/mol. The molecule has 20 heavy (non-hydrogen) atoms. The Morgan fingerprint density at radius 2 is 2.05 bits per heavy atom. The van der Waals surface area contributed by atoms with E-state index in [1.165, 1.54) is 0 Å². The van der Waals surface area contributed by atoms with Crippen molar-refractivity contribution in [1.29, 1.82) is 0 Å². The summed E-state index contributed by atoms with van der Waals surface area (Å²) in [5.74, 6) is 0.382. The lowest BCUT2D eigenvalue weighted by Gasteiger charge is -2.07. The SMILES string of the molecule is NC(=S)c1ccc(OCC(=O)NCc2ccoc2)cc1. The summed E-state index contributed by atoms with van der Waals surface area (Å²) in [7, 11) is 0. The maximum absolute atomic E-state index is 11.6. The highest BCUT2D eigenvalue weighted by molar-refractivity contribution is 7.80. The van der Waals surface area contributed by atoms with Crippen molar-refractivity contribution in [3.63, 3.8) is 0 Å². The Morgan fingerprint density at radius 1 is 1.30 bits per heavy atom. The van der Waals surface area contributed by atoms with Crippen LogP contribution in [-0.2, 0) is 11.3 Å². The average molecular weight is 290 g/mol. The van der Waals surface area contributed by atoms with Gasteiger partial charge in [-0.15, -0.1) is 0 Å². The Bertz CT molecular complexity index is 579. The summed E-state index contributed by atoms with van der Waals surface area (Å²) in [6.07, 6.45) is 3.14. The van der Waals surface area contributed by atoms with Gasteiger partial charge >= 0.3 is 0 Å². The number of nitrogens with two attached hydrogens (primary N) is 1. The molecule has 1 aromatic heterocycles. The van der Waals surface area contributed by atoms with Crippen molar-refractivity contribution in [2.75, 3.05) is 6.61 Å². The third-order valence-corrected chi connectivity index (χ3v) is 2.81. The summed E-state index contributed by atoms with van der Waals surface area (Å²) >= 11 is 4.85. The summed E-state index contributed by atoms with van der Waals surface area (Å²) in [6.45, 7) is 0.364. The molecule has 2 aromatic rings. The predicted octanol–water partition coefficient (Wildman–Crippen LogP) is 1.61. The fourth-order valence-corrected chi connectivity index (χ4v) is 1.65. The van der Waals surface area contributed by atoms with E-state index >= 15 is 0 Å². The summed E-state index contributed by atoms with van der Waals surface area (Å²) in [6, 6.07) is 8.73. The maximum atomic E-state index is 11.6. The Morgan fingerprint density at radius 3 is 2.65 bits per heavy atom. The Labute approximate surface area is 121 Å². The van der Waals surface area contributed by atoms with Crippen LogP contribution in [0.25, 0.3) is 0 Å². The number of furan rings is 1. The molecule has 104 valence electrons. The minimum Gasteiger partial charge on any atom is -0.484 e. The molecule has 6 heteroatoms. The lowest BCUT2D eigenvalue weighted by Crippen LogP contribution is -2.28. The van der Waals surface area contributed by atoms with Crippen LogP contribution in [0, 0.1) is 0 Å². The number of carbonyl (C=O) groups is 1. The van der Waals surface area contributed by atoms with E-state index in [9.17, 15) is 4.79 Å². The molecule has 1 heterocycles. The molecule has 0 aliphatic carbocycles. The third-order valence-electron chi connectivity index (χ3n) is 2.58. The van der Waals surface area contributed by atoms with E-state index in [-0.39, 0.29) is 12.5 Å². The van der Waals surface area contributed by atoms with Gasteiger partial charge in [0.2, 0.25) is 0 Å². The fraction of sp³-hybridized carbons (Fsp3) is 0.143. The zero-order valence-corrected chi connectivity index (χ0v) is 11.5. The van der Waals surface area contributed by atoms with Crippen LogP contribution in [0.4, 0.5) is 0 Å². The van der Waals surface area contributed by atoms with E-state index in [1.807, 2.05) is 0 Å². The molecule has 0 bridgehead atoms. The molecule has 0 fully saturated rings. The summed E-state index contributed by atoms with van der Waals surface area (Å²) < 4.78 is 10.3. The van der Waals surface area contributed by atoms with Crippen LogP contribution in [0.3, 0.4) is 0 Å². The number of ether oxygens (including phenoxy) is 1. The first-order valence-electron chi connectivity index (χ1n) is 5.95. The number of hydrogen-bond donors (Lipinski definition) is 2. The Balaban J connectivity index is 1.76. The first kappa shape index (κ1) is 14.1. The van der Waals surface area contributed by atoms with E-state index in [0.29, 0.717) is 17.3 Å². The smallest absolute Gasteiger partial charge is 0.258 e. The first-order chi connectivity index (χ1) is 9.65. The molecule has 0 aliphatic rings. The number of amides is 1. The molecule has 1 amide bonds. The molecule has 0 saturated carbocycles. The number of hydrogen-bond acceptors (Lipinski definition) is 4. The van der Waals surface area contributed by atoms with Crippen LogP contribution >= 0.6 is 12.2 Å². The van der Waals surface area contributed by atoms with Gasteiger partial charge in [0, 0.05) is 17.7 Å². The van der Waals surface area contributed by atoms with Gasteiger partial charge in [-0.1, -0.05) is 12.2 Å². The van der Waals surface area contributed by atoms with Crippen LogP contribution in [-0.4, -0.2) is 17.5 Å². The maximum Gasteiger partial charge on any atom is 0.258 e. The van der Waals surface area contributed by atoms with E-state index in [2.05, 4.69) is 5.32 Å². The van der Waals surface area contributed by atoms with Crippen molar-refractivity contribution in [2.24, 2.45) is 5.73 Å². The van der Waals surface area contributed by atoms with E-state index in [1.54, 1.807) is 42.9 Å². The molecule has 3 N–H and O–H groups in total. The van der Waals surface area contributed by atoms with Crippen LogP contribution < -0.4 is 15.8 Å². The highest BCUT2D eigenvalue weighted by Crippen LogP contribution is 2.11. The Hall–Kier alpha value is -2.34. The number of benzene rings is 1. The van der Waals surface area contributed by atoms with Gasteiger partial charge in [-0.2, -0.15) is 0 Å². The van der Waals surface area contributed by atoms with Crippen molar-refractivity contribution in [3.05, 3.63) is 54.0 Å². The quantitative estimate of drug-likeness (QED) is 0.790. The van der Waals surface area contributed by atoms with E-state index in [0.717, 1.165) is 11.1 Å². The second-order valence-corrected chi connectivity index (χ2v) is 4.53. The standard InChI is InChI=1S/C14H14N2O3S/c15-14(20)11-1-3-12(4-2-11)19-9-13(17)16-7-10-5-6-18-8-10/h1-6,8H,7,9H2,(H2,15,20)(H,16,17). The van der Waals surface area contributed by atoms with Crippen LogP contribution in [0.1, 0.15) is 11.1 Å². The fourth-order valence-electron chi connectivity index (χ4n) is 1.51. The molecule has 2 rings (SSSR count). The second kappa shape index (κ2) is 6.72. The van der Waals surface area contributed by atoms with Crippen LogP contribution in [0.2, 0.25) is 0 Å². The molecular weight excluding hydrogens is 276 g/mol. The topological polar surface area (TPSA) is 77.5 Å². The minimum atomic E-state index is -0.204. The largest absolute Gasteiger partial charge is 0.484 e.